The first-order chi connectivity index (χ1) is 14.0. The van der Waals surface area contributed by atoms with Crippen LogP contribution < -0.4 is 10.6 Å². The van der Waals surface area contributed by atoms with E-state index in [1.54, 1.807) is 18.2 Å². The summed E-state index contributed by atoms with van der Waals surface area (Å²) in [6.45, 7) is 5.57. The Kier molecular flexibility index (Phi) is 6.97. The van der Waals surface area contributed by atoms with Gasteiger partial charge in [0.2, 0.25) is 5.91 Å². The molecule has 3 rings (SSSR count). The molecule has 156 valence electrons. The molecule has 2 aliphatic heterocycles. The van der Waals surface area contributed by atoms with Crippen LogP contribution in [0.25, 0.3) is 0 Å². The molecule has 1 atom stereocenters. The second-order valence-electron chi connectivity index (χ2n) is 6.73. The number of amides is 3. The molecular weight excluding hydrogens is 378 g/mol. The van der Waals surface area contributed by atoms with Crippen molar-refractivity contribution < 1.29 is 29.0 Å². The summed E-state index contributed by atoms with van der Waals surface area (Å²) in [5.41, 5.74) is 1.69. The number of aliphatic hydroxyl groups is 1. The Bertz CT molecular complexity index is 809. The van der Waals surface area contributed by atoms with E-state index in [0.29, 0.717) is 50.6 Å². The van der Waals surface area contributed by atoms with Gasteiger partial charge in [0.05, 0.1) is 44.2 Å². The Hall–Kier alpha value is -2.75. The van der Waals surface area contributed by atoms with E-state index >= 15 is 0 Å². The standard InChI is InChI=1S/C20H25N3O6/c1-13-5-6-16(18(25)22-13)23-19(26)14-3-2-4-15(17(14)20(23)27)21-7-9-28-11-12-29-10-8-24/h2-4,16,21,24H,1,5-12H2,(H,22,25). The predicted molar refractivity (Wildman–Crippen MR) is 104 cm³/mol. The van der Waals surface area contributed by atoms with Crippen LogP contribution in [-0.2, 0) is 14.3 Å². The van der Waals surface area contributed by atoms with Gasteiger partial charge in [-0.2, -0.15) is 0 Å². The van der Waals surface area contributed by atoms with Crippen molar-refractivity contribution in [2.24, 2.45) is 0 Å². The van der Waals surface area contributed by atoms with Crippen LogP contribution in [0, 0.1) is 0 Å². The Morgan fingerprint density at radius 1 is 1.14 bits per heavy atom. The summed E-state index contributed by atoms with van der Waals surface area (Å²) in [7, 11) is 0. The van der Waals surface area contributed by atoms with Crippen molar-refractivity contribution >= 4 is 23.4 Å². The van der Waals surface area contributed by atoms with Crippen LogP contribution in [0.5, 0.6) is 0 Å². The molecular formula is C20H25N3O6. The van der Waals surface area contributed by atoms with Gasteiger partial charge in [-0.15, -0.1) is 0 Å². The Balaban J connectivity index is 1.61. The third-order valence-corrected chi connectivity index (χ3v) is 4.75. The summed E-state index contributed by atoms with van der Waals surface area (Å²) in [5.74, 6) is -1.32. The number of hydrogen-bond acceptors (Lipinski definition) is 7. The molecule has 3 N–H and O–H groups in total. The van der Waals surface area contributed by atoms with Crippen LogP contribution in [0.15, 0.2) is 30.5 Å². The lowest BCUT2D eigenvalue weighted by molar-refractivity contribution is -0.125. The van der Waals surface area contributed by atoms with Crippen molar-refractivity contribution in [3.8, 4) is 0 Å². The second-order valence-corrected chi connectivity index (χ2v) is 6.73. The highest BCUT2D eigenvalue weighted by Gasteiger charge is 2.44. The number of carbonyl (C=O) groups excluding carboxylic acids is 3. The van der Waals surface area contributed by atoms with Gasteiger partial charge in [0.25, 0.3) is 11.8 Å². The number of imide groups is 1. The molecule has 1 fully saturated rings. The van der Waals surface area contributed by atoms with Gasteiger partial charge in [-0.25, -0.2) is 0 Å². The second kappa shape index (κ2) is 9.64. The van der Waals surface area contributed by atoms with Gasteiger partial charge >= 0.3 is 0 Å². The van der Waals surface area contributed by atoms with E-state index in [0.717, 1.165) is 4.90 Å². The van der Waals surface area contributed by atoms with Crippen LogP contribution in [0.2, 0.25) is 0 Å². The number of aliphatic hydroxyl groups excluding tert-OH is 1. The number of hydrogen-bond donors (Lipinski definition) is 3. The van der Waals surface area contributed by atoms with Crippen molar-refractivity contribution in [1.82, 2.24) is 10.2 Å². The van der Waals surface area contributed by atoms with E-state index in [4.69, 9.17) is 14.6 Å². The Labute approximate surface area is 168 Å². The van der Waals surface area contributed by atoms with E-state index in [-0.39, 0.29) is 30.2 Å². The summed E-state index contributed by atoms with van der Waals surface area (Å²) in [6, 6.07) is 4.18. The number of fused-ring (bicyclic) bond motifs is 1. The lowest BCUT2D eigenvalue weighted by Crippen LogP contribution is -2.51. The Morgan fingerprint density at radius 3 is 2.62 bits per heavy atom. The summed E-state index contributed by atoms with van der Waals surface area (Å²) in [6.07, 6.45) is 0.888. The molecule has 29 heavy (non-hydrogen) atoms. The van der Waals surface area contributed by atoms with Crippen LogP contribution in [0.1, 0.15) is 33.6 Å². The predicted octanol–water partition coefficient (Wildman–Crippen LogP) is 0.512. The van der Waals surface area contributed by atoms with Crippen LogP contribution in [0.4, 0.5) is 5.69 Å². The smallest absolute Gasteiger partial charge is 0.264 e. The van der Waals surface area contributed by atoms with Crippen LogP contribution in [-0.4, -0.2) is 73.3 Å². The molecule has 0 radical (unpaired) electrons. The van der Waals surface area contributed by atoms with Gasteiger partial charge in [-0.3, -0.25) is 19.3 Å². The van der Waals surface area contributed by atoms with E-state index in [1.807, 2.05) is 0 Å². The molecule has 0 bridgehead atoms. The van der Waals surface area contributed by atoms with Crippen molar-refractivity contribution in [2.45, 2.75) is 18.9 Å². The highest BCUT2D eigenvalue weighted by molar-refractivity contribution is 6.25. The third-order valence-electron chi connectivity index (χ3n) is 4.75. The van der Waals surface area contributed by atoms with Crippen LogP contribution >= 0.6 is 0 Å². The van der Waals surface area contributed by atoms with Crippen molar-refractivity contribution in [1.29, 1.82) is 0 Å². The number of carbonyl (C=O) groups is 3. The SMILES string of the molecule is C=C1CCC(N2C(=O)c3cccc(NCCOCCOCCO)c3C2=O)C(=O)N1. The topological polar surface area (TPSA) is 117 Å². The highest BCUT2D eigenvalue weighted by Crippen LogP contribution is 2.32. The normalized spacial score (nSPS) is 18.8. The number of anilines is 1. The zero-order chi connectivity index (χ0) is 20.8. The number of benzene rings is 1. The fourth-order valence-corrected chi connectivity index (χ4v) is 3.39. The third kappa shape index (κ3) is 4.64. The quantitative estimate of drug-likeness (QED) is 0.385. The van der Waals surface area contributed by atoms with Crippen LogP contribution in [0.3, 0.4) is 0 Å². The monoisotopic (exact) mass is 403 g/mol. The minimum Gasteiger partial charge on any atom is -0.394 e. The maximum Gasteiger partial charge on any atom is 0.264 e. The van der Waals surface area contributed by atoms with Crippen molar-refractivity contribution in [3.63, 3.8) is 0 Å². The average molecular weight is 403 g/mol. The zero-order valence-corrected chi connectivity index (χ0v) is 16.1. The fourth-order valence-electron chi connectivity index (χ4n) is 3.39. The van der Waals surface area contributed by atoms with Gasteiger partial charge in [0, 0.05) is 17.9 Å². The lowest BCUT2D eigenvalue weighted by Gasteiger charge is -2.29. The summed E-state index contributed by atoms with van der Waals surface area (Å²) in [4.78, 5) is 39.1. The van der Waals surface area contributed by atoms with Gasteiger partial charge in [0.15, 0.2) is 0 Å². The van der Waals surface area contributed by atoms with E-state index in [1.165, 1.54) is 0 Å². The minimum absolute atomic E-state index is 0.0261. The number of ether oxygens (including phenoxy) is 2. The maximum atomic E-state index is 13.0. The number of piperidine rings is 1. The Morgan fingerprint density at radius 2 is 1.90 bits per heavy atom. The molecule has 0 saturated carbocycles. The van der Waals surface area contributed by atoms with Gasteiger partial charge in [-0.1, -0.05) is 12.6 Å². The van der Waals surface area contributed by atoms with Gasteiger partial charge in [0.1, 0.15) is 6.04 Å². The first-order valence-electron chi connectivity index (χ1n) is 9.54. The first kappa shape index (κ1) is 21.0. The largest absolute Gasteiger partial charge is 0.394 e. The van der Waals surface area contributed by atoms with Crippen molar-refractivity contribution in [2.75, 3.05) is 44.9 Å². The van der Waals surface area contributed by atoms with Gasteiger partial charge in [-0.05, 0) is 25.0 Å². The lowest BCUT2D eigenvalue weighted by atomic mass is 10.0. The van der Waals surface area contributed by atoms with Gasteiger partial charge < -0.3 is 25.2 Å². The molecule has 1 unspecified atom stereocenters. The number of nitrogens with one attached hydrogen (secondary N) is 2. The molecule has 9 nitrogen and oxygen atoms in total. The maximum absolute atomic E-state index is 13.0. The molecule has 0 aliphatic carbocycles. The fraction of sp³-hybridized carbons (Fsp3) is 0.450. The number of rotatable bonds is 10. The van der Waals surface area contributed by atoms with E-state index < -0.39 is 17.9 Å². The number of allylic oxidation sites excluding steroid dienone is 1. The summed E-state index contributed by atoms with van der Waals surface area (Å²) >= 11 is 0. The summed E-state index contributed by atoms with van der Waals surface area (Å²) in [5, 5.41) is 14.4. The van der Waals surface area contributed by atoms with E-state index in [2.05, 4.69) is 17.2 Å². The summed E-state index contributed by atoms with van der Waals surface area (Å²) < 4.78 is 10.5. The molecule has 1 saturated heterocycles. The number of nitrogens with zero attached hydrogens (tertiary/aromatic N) is 1. The first-order valence-corrected chi connectivity index (χ1v) is 9.54. The molecule has 0 aromatic heterocycles. The molecule has 0 spiro atoms. The van der Waals surface area contributed by atoms with E-state index in [9.17, 15) is 14.4 Å². The zero-order valence-electron chi connectivity index (χ0n) is 16.1. The highest BCUT2D eigenvalue weighted by atomic mass is 16.5. The molecule has 1 aromatic rings. The van der Waals surface area contributed by atoms with Crippen molar-refractivity contribution in [3.05, 3.63) is 41.6 Å². The molecule has 9 heteroatoms. The average Bonchev–Trinajstić information content (AvgIpc) is 2.95. The molecule has 2 heterocycles. The molecule has 2 aliphatic rings. The molecule has 3 amide bonds. The minimum atomic E-state index is -0.831. The molecule has 1 aromatic carbocycles.